The van der Waals surface area contributed by atoms with Gasteiger partial charge in [-0.25, -0.2) is 8.42 Å². The number of nitrogens with zero attached hydrogens (tertiary/aromatic N) is 1. The number of hydrogen-bond acceptors (Lipinski definition) is 4. The lowest BCUT2D eigenvalue weighted by Crippen LogP contribution is -2.31. The van der Waals surface area contributed by atoms with Gasteiger partial charge in [0.05, 0.1) is 21.7 Å². The van der Waals surface area contributed by atoms with Crippen LogP contribution in [0, 0.1) is 0 Å². The third kappa shape index (κ3) is 5.23. The van der Waals surface area contributed by atoms with E-state index in [1.54, 1.807) is 42.3 Å². The van der Waals surface area contributed by atoms with E-state index in [4.69, 9.17) is 11.6 Å². The van der Waals surface area contributed by atoms with Gasteiger partial charge in [0.25, 0.3) is 0 Å². The summed E-state index contributed by atoms with van der Waals surface area (Å²) in [5, 5.41) is 0.632. The molecule has 0 aliphatic heterocycles. The Morgan fingerprint density at radius 3 is 2.32 bits per heavy atom. The minimum Gasteiger partial charge on any atom is -0.338 e. The summed E-state index contributed by atoms with van der Waals surface area (Å²) in [5.74, 6) is 0.260. The second kappa shape index (κ2) is 8.25. The number of carbonyl (C=O) groups is 1. The highest BCUT2D eigenvalue weighted by Crippen LogP contribution is 2.28. The van der Waals surface area contributed by atoms with E-state index in [2.05, 4.69) is 0 Å². The zero-order valence-electron chi connectivity index (χ0n) is 14.3. The second-order valence-corrected chi connectivity index (χ2v) is 9.18. The lowest BCUT2D eigenvalue weighted by molar-refractivity contribution is -0.128. The van der Waals surface area contributed by atoms with Gasteiger partial charge in [-0.1, -0.05) is 35.9 Å². The third-order valence-electron chi connectivity index (χ3n) is 3.95. The van der Waals surface area contributed by atoms with E-state index in [1.165, 1.54) is 18.0 Å². The molecule has 7 heteroatoms. The van der Waals surface area contributed by atoms with Crippen molar-refractivity contribution >= 4 is 39.1 Å². The molecule has 1 unspecified atom stereocenters. The molecular weight excluding hydrogens is 378 g/mol. The van der Waals surface area contributed by atoms with Crippen LogP contribution < -0.4 is 0 Å². The molecule has 0 fully saturated rings. The molecule has 0 bridgehead atoms. The smallest absolute Gasteiger partial charge is 0.233 e. The Hall–Kier alpha value is -1.50. The summed E-state index contributed by atoms with van der Waals surface area (Å²) in [4.78, 5) is 15.2. The maximum absolute atomic E-state index is 12.4. The lowest BCUT2D eigenvalue weighted by Gasteiger charge is -2.25. The van der Waals surface area contributed by atoms with Crippen LogP contribution in [0.2, 0.25) is 5.02 Å². The fourth-order valence-electron chi connectivity index (χ4n) is 2.24. The van der Waals surface area contributed by atoms with Gasteiger partial charge in [0.2, 0.25) is 5.91 Å². The van der Waals surface area contributed by atoms with Gasteiger partial charge >= 0.3 is 0 Å². The molecule has 0 saturated carbocycles. The predicted molar refractivity (Wildman–Crippen MR) is 103 cm³/mol. The van der Waals surface area contributed by atoms with Crippen LogP contribution in [-0.2, 0) is 14.6 Å². The number of hydrogen-bond donors (Lipinski definition) is 0. The first-order valence-electron chi connectivity index (χ1n) is 7.63. The Morgan fingerprint density at radius 1 is 1.16 bits per heavy atom. The first-order chi connectivity index (χ1) is 11.7. The molecule has 134 valence electrons. The van der Waals surface area contributed by atoms with Gasteiger partial charge in [-0.05, 0) is 36.8 Å². The molecular formula is C18H20ClNO3S2. The first kappa shape index (κ1) is 19.8. The molecule has 0 aromatic heterocycles. The molecule has 25 heavy (non-hydrogen) atoms. The zero-order chi connectivity index (χ0) is 18.6. The maximum Gasteiger partial charge on any atom is 0.233 e. The summed E-state index contributed by atoms with van der Waals surface area (Å²) in [6, 6.07) is 13.9. The molecule has 2 rings (SSSR count). The van der Waals surface area contributed by atoms with Crippen LogP contribution in [0.15, 0.2) is 58.3 Å². The minimum atomic E-state index is -3.22. The fourth-order valence-corrected chi connectivity index (χ4v) is 4.03. The van der Waals surface area contributed by atoms with E-state index in [-0.39, 0.29) is 22.6 Å². The van der Waals surface area contributed by atoms with Crippen molar-refractivity contribution in [2.24, 2.45) is 0 Å². The van der Waals surface area contributed by atoms with Crippen molar-refractivity contribution in [2.75, 3.05) is 19.1 Å². The van der Waals surface area contributed by atoms with Crippen LogP contribution >= 0.6 is 23.4 Å². The Morgan fingerprint density at radius 2 is 1.76 bits per heavy atom. The Bertz CT molecular complexity index is 851. The van der Waals surface area contributed by atoms with Crippen molar-refractivity contribution in [3.8, 4) is 0 Å². The molecule has 0 saturated heterocycles. The SMILES string of the molecule is CC(c1ccc(S(C)(=O)=O)cc1)N(C)C(=O)CSc1ccccc1Cl. The number of sulfone groups is 1. The van der Waals surface area contributed by atoms with Gasteiger partial charge in [0.15, 0.2) is 9.84 Å². The van der Waals surface area contributed by atoms with Crippen LogP contribution in [0.5, 0.6) is 0 Å². The third-order valence-corrected chi connectivity index (χ3v) is 6.58. The highest BCUT2D eigenvalue weighted by Gasteiger charge is 2.18. The number of carbonyl (C=O) groups excluding carboxylic acids is 1. The van der Waals surface area contributed by atoms with E-state index in [9.17, 15) is 13.2 Å². The van der Waals surface area contributed by atoms with E-state index in [0.29, 0.717) is 5.02 Å². The summed E-state index contributed by atoms with van der Waals surface area (Å²) >= 11 is 7.50. The molecule has 1 amide bonds. The average molecular weight is 398 g/mol. The number of benzene rings is 2. The molecule has 0 aliphatic carbocycles. The molecule has 0 N–H and O–H groups in total. The predicted octanol–water partition coefficient (Wildman–Crippen LogP) is 4.06. The van der Waals surface area contributed by atoms with Gasteiger partial charge in [-0.3, -0.25) is 4.79 Å². The summed E-state index contributed by atoms with van der Waals surface area (Å²) in [7, 11) is -1.48. The van der Waals surface area contributed by atoms with Crippen molar-refractivity contribution in [3.63, 3.8) is 0 Å². The van der Waals surface area contributed by atoms with Gasteiger partial charge in [0.1, 0.15) is 0 Å². The quantitative estimate of drug-likeness (QED) is 0.690. The van der Waals surface area contributed by atoms with E-state index >= 15 is 0 Å². The van der Waals surface area contributed by atoms with Crippen molar-refractivity contribution in [2.45, 2.75) is 22.8 Å². The fraction of sp³-hybridized carbons (Fsp3) is 0.278. The van der Waals surface area contributed by atoms with Crippen LogP contribution in [0.3, 0.4) is 0 Å². The highest BCUT2D eigenvalue weighted by atomic mass is 35.5. The van der Waals surface area contributed by atoms with Gasteiger partial charge < -0.3 is 4.90 Å². The summed E-state index contributed by atoms with van der Waals surface area (Å²) in [5.41, 5.74) is 0.881. The topological polar surface area (TPSA) is 54.5 Å². The Labute approximate surface area is 158 Å². The number of rotatable bonds is 6. The molecule has 4 nitrogen and oxygen atoms in total. The summed E-state index contributed by atoms with van der Waals surface area (Å²) in [6.07, 6.45) is 1.17. The molecule has 0 spiro atoms. The Balaban J connectivity index is 2.02. The largest absolute Gasteiger partial charge is 0.338 e. The lowest BCUT2D eigenvalue weighted by atomic mass is 10.1. The van der Waals surface area contributed by atoms with Crippen LogP contribution in [0.1, 0.15) is 18.5 Å². The van der Waals surface area contributed by atoms with Crippen LogP contribution in [0.4, 0.5) is 0 Å². The van der Waals surface area contributed by atoms with Crippen LogP contribution in [-0.4, -0.2) is 38.3 Å². The van der Waals surface area contributed by atoms with E-state index in [0.717, 1.165) is 10.5 Å². The summed E-state index contributed by atoms with van der Waals surface area (Å²) in [6.45, 7) is 1.91. The highest BCUT2D eigenvalue weighted by molar-refractivity contribution is 8.00. The molecule has 2 aromatic rings. The van der Waals surface area contributed by atoms with Crippen LogP contribution in [0.25, 0.3) is 0 Å². The second-order valence-electron chi connectivity index (χ2n) is 5.74. The molecule has 0 aliphatic rings. The molecule has 2 aromatic carbocycles. The van der Waals surface area contributed by atoms with Gasteiger partial charge in [0, 0.05) is 18.2 Å². The summed E-state index contributed by atoms with van der Waals surface area (Å²) < 4.78 is 23.1. The van der Waals surface area contributed by atoms with Crippen molar-refractivity contribution in [1.82, 2.24) is 4.90 Å². The van der Waals surface area contributed by atoms with Crippen molar-refractivity contribution < 1.29 is 13.2 Å². The Kier molecular flexibility index (Phi) is 6.54. The molecule has 0 heterocycles. The molecule has 0 radical (unpaired) electrons. The number of thioether (sulfide) groups is 1. The normalized spacial score (nSPS) is 12.6. The van der Waals surface area contributed by atoms with Crippen molar-refractivity contribution in [3.05, 3.63) is 59.1 Å². The van der Waals surface area contributed by atoms with Gasteiger partial charge in [-0.15, -0.1) is 11.8 Å². The van der Waals surface area contributed by atoms with E-state index in [1.807, 2.05) is 25.1 Å². The zero-order valence-corrected chi connectivity index (χ0v) is 16.7. The number of amides is 1. The monoisotopic (exact) mass is 397 g/mol. The standard InChI is InChI=1S/C18H20ClNO3S2/c1-13(14-8-10-15(11-9-14)25(3,22)23)20(2)18(21)12-24-17-7-5-4-6-16(17)19/h4-11,13H,12H2,1-3H3. The van der Waals surface area contributed by atoms with Crippen molar-refractivity contribution in [1.29, 1.82) is 0 Å². The first-order valence-corrected chi connectivity index (χ1v) is 10.9. The number of halogens is 1. The molecule has 1 atom stereocenters. The average Bonchev–Trinajstić information content (AvgIpc) is 2.59. The minimum absolute atomic E-state index is 0.0235. The van der Waals surface area contributed by atoms with E-state index < -0.39 is 9.84 Å². The maximum atomic E-state index is 12.4. The van der Waals surface area contributed by atoms with Gasteiger partial charge in [-0.2, -0.15) is 0 Å².